The van der Waals surface area contributed by atoms with Crippen molar-refractivity contribution in [1.29, 1.82) is 0 Å². The summed E-state index contributed by atoms with van der Waals surface area (Å²) in [6.07, 6.45) is 18.1. The van der Waals surface area contributed by atoms with E-state index < -0.39 is 24.0 Å². The Morgan fingerprint density at radius 1 is 0.710 bits per heavy atom. The van der Waals surface area contributed by atoms with E-state index in [1.807, 2.05) is 0 Å². The van der Waals surface area contributed by atoms with Crippen molar-refractivity contribution >= 4 is 0 Å². The van der Waals surface area contributed by atoms with Crippen LogP contribution in [0.2, 0.25) is 0 Å². The standard InChI is InChI=1S/C26H36F4O/c27-23-15-22(16-24(28)25(23)31-26(29)30)21-13-11-20(12-14-21)19-9-7-18(8-10-19)6-5-17-3-1-2-4-17/h15-21,26H,1-14H2/t18-,19-,20-,21-. The summed E-state index contributed by atoms with van der Waals surface area (Å²) in [5, 5.41) is 0. The number of hydrogen-bond donors (Lipinski definition) is 0. The van der Waals surface area contributed by atoms with Gasteiger partial charge in [0, 0.05) is 0 Å². The van der Waals surface area contributed by atoms with Crippen LogP contribution in [0.25, 0.3) is 0 Å². The second-order valence-corrected chi connectivity index (χ2v) is 10.3. The zero-order valence-electron chi connectivity index (χ0n) is 18.4. The Morgan fingerprint density at radius 2 is 1.19 bits per heavy atom. The quantitative estimate of drug-likeness (QED) is 0.386. The fourth-order valence-electron chi connectivity index (χ4n) is 6.66. The van der Waals surface area contributed by atoms with E-state index >= 15 is 0 Å². The molecular weight excluding hydrogens is 404 g/mol. The minimum absolute atomic E-state index is 0.101. The molecule has 0 heterocycles. The highest BCUT2D eigenvalue weighted by atomic mass is 19.3. The second-order valence-electron chi connectivity index (χ2n) is 10.3. The molecule has 3 aliphatic carbocycles. The molecule has 31 heavy (non-hydrogen) atoms. The van der Waals surface area contributed by atoms with E-state index in [0.717, 1.165) is 49.4 Å². The summed E-state index contributed by atoms with van der Waals surface area (Å²) in [4.78, 5) is 0. The molecule has 0 unspecified atom stereocenters. The summed E-state index contributed by atoms with van der Waals surface area (Å²) in [6.45, 7) is -3.23. The lowest BCUT2D eigenvalue weighted by Crippen LogP contribution is -2.25. The van der Waals surface area contributed by atoms with E-state index in [1.54, 1.807) is 0 Å². The van der Waals surface area contributed by atoms with Crippen LogP contribution in [0.5, 0.6) is 5.75 Å². The first-order chi connectivity index (χ1) is 15.0. The van der Waals surface area contributed by atoms with Gasteiger partial charge in [0.1, 0.15) is 0 Å². The normalized spacial score (nSPS) is 30.1. The predicted octanol–water partition coefficient (Wildman–Crippen LogP) is 8.62. The van der Waals surface area contributed by atoms with Crippen molar-refractivity contribution in [3.63, 3.8) is 0 Å². The summed E-state index contributed by atoms with van der Waals surface area (Å²) in [5.74, 6) is 0.511. The number of halogens is 4. The zero-order valence-corrected chi connectivity index (χ0v) is 18.4. The van der Waals surface area contributed by atoms with Gasteiger partial charge in [0.05, 0.1) is 0 Å². The molecule has 0 aromatic heterocycles. The first-order valence-electron chi connectivity index (χ1n) is 12.4. The number of rotatable bonds is 7. The molecule has 5 heteroatoms. The van der Waals surface area contributed by atoms with Crippen molar-refractivity contribution in [3.05, 3.63) is 29.3 Å². The molecule has 0 atom stereocenters. The van der Waals surface area contributed by atoms with Gasteiger partial charge in [0.15, 0.2) is 17.4 Å². The Labute approximate surface area is 183 Å². The lowest BCUT2D eigenvalue weighted by molar-refractivity contribution is -0.0546. The number of hydrogen-bond acceptors (Lipinski definition) is 1. The SMILES string of the molecule is Fc1cc([C@H]2CC[C@H]([C@H]3CC[C@H](CCC4CCCC4)CC3)CC2)cc(F)c1OC(F)F. The van der Waals surface area contributed by atoms with Crippen LogP contribution in [-0.2, 0) is 0 Å². The Balaban J connectivity index is 1.23. The zero-order chi connectivity index (χ0) is 21.8. The third kappa shape index (κ3) is 5.96. The molecule has 3 aliphatic rings. The van der Waals surface area contributed by atoms with Crippen LogP contribution in [0.3, 0.4) is 0 Å². The van der Waals surface area contributed by atoms with Gasteiger partial charge < -0.3 is 4.74 Å². The highest BCUT2D eigenvalue weighted by Crippen LogP contribution is 2.45. The maximum Gasteiger partial charge on any atom is 0.387 e. The van der Waals surface area contributed by atoms with E-state index in [9.17, 15) is 17.6 Å². The van der Waals surface area contributed by atoms with Crippen molar-refractivity contribution in [2.75, 3.05) is 0 Å². The summed E-state index contributed by atoms with van der Waals surface area (Å²) >= 11 is 0. The molecule has 174 valence electrons. The third-order valence-electron chi connectivity index (χ3n) is 8.49. The lowest BCUT2D eigenvalue weighted by atomic mass is 9.68. The maximum absolute atomic E-state index is 14.1. The van der Waals surface area contributed by atoms with E-state index in [1.165, 1.54) is 76.3 Å². The van der Waals surface area contributed by atoms with Crippen LogP contribution >= 0.6 is 0 Å². The highest BCUT2D eigenvalue weighted by Gasteiger charge is 2.32. The average Bonchev–Trinajstić information content (AvgIpc) is 3.29. The second kappa shape index (κ2) is 10.6. The van der Waals surface area contributed by atoms with Gasteiger partial charge in [-0.2, -0.15) is 8.78 Å². The molecule has 0 amide bonds. The van der Waals surface area contributed by atoms with E-state index in [-0.39, 0.29) is 5.92 Å². The number of benzene rings is 1. The molecule has 1 nitrogen and oxygen atoms in total. The molecule has 1 aromatic rings. The van der Waals surface area contributed by atoms with Gasteiger partial charge in [-0.25, -0.2) is 8.78 Å². The van der Waals surface area contributed by atoms with Crippen molar-refractivity contribution in [2.24, 2.45) is 23.7 Å². The molecule has 0 spiro atoms. The molecule has 3 fully saturated rings. The molecule has 3 saturated carbocycles. The Bertz CT molecular complexity index is 676. The van der Waals surface area contributed by atoms with Crippen LogP contribution in [0.4, 0.5) is 17.6 Å². The predicted molar refractivity (Wildman–Crippen MR) is 114 cm³/mol. The maximum atomic E-state index is 14.1. The smallest absolute Gasteiger partial charge is 0.387 e. The molecule has 0 radical (unpaired) electrons. The largest absolute Gasteiger partial charge is 0.429 e. The fraction of sp³-hybridized carbons (Fsp3) is 0.769. The lowest BCUT2D eigenvalue weighted by Gasteiger charge is -2.38. The fourth-order valence-corrected chi connectivity index (χ4v) is 6.66. The highest BCUT2D eigenvalue weighted by molar-refractivity contribution is 5.33. The van der Waals surface area contributed by atoms with Crippen LogP contribution < -0.4 is 4.74 Å². The Hall–Kier alpha value is -1.26. The number of ether oxygens (including phenoxy) is 1. The van der Waals surface area contributed by atoms with Gasteiger partial charge in [0.25, 0.3) is 0 Å². The topological polar surface area (TPSA) is 9.23 Å². The molecule has 1 aromatic carbocycles. The molecule has 0 N–H and O–H groups in total. The van der Waals surface area contributed by atoms with Crippen molar-refractivity contribution in [2.45, 2.75) is 102 Å². The van der Waals surface area contributed by atoms with E-state index in [0.29, 0.717) is 5.56 Å². The summed E-state index contributed by atoms with van der Waals surface area (Å²) < 4.78 is 56.8. The van der Waals surface area contributed by atoms with Crippen LogP contribution in [0, 0.1) is 35.3 Å². The van der Waals surface area contributed by atoms with Crippen molar-refractivity contribution in [3.8, 4) is 5.75 Å². The third-order valence-corrected chi connectivity index (χ3v) is 8.49. The van der Waals surface area contributed by atoms with Crippen LogP contribution in [-0.4, -0.2) is 6.61 Å². The molecule has 0 aliphatic heterocycles. The molecule has 4 rings (SSSR count). The molecule has 0 bridgehead atoms. The van der Waals surface area contributed by atoms with Crippen molar-refractivity contribution in [1.82, 2.24) is 0 Å². The monoisotopic (exact) mass is 440 g/mol. The summed E-state index contributed by atoms with van der Waals surface area (Å²) in [7, 11) is 0. The van der Waals surface area contributed by atoms with E-state index in [2.05, 4.69) is 4.74 Å². The van der Waals surface area contributed by atoms with Crippen molar-refractivity contribution < 1.29 is 22.3 Å². The minimum Gasteiger partial charge on any atom is -0.429 e. The average molecular weight is 441 g/mol. The Kier molecular flexibility index (Phi) is 7.81. The van der Waals surface area contributed by atoms with Crippen LogP contribution in [0.1, 0.15) is 101 Å². The summed E-state index contributed by atoms with van der Waals surface area (Å²) in [5.41, 5.74) is 0.575. The first-order valence-corrected chi connectivity index (χ1v) is 12.4. The van der Waals surface area contributed by atoms with Gasteiger partial charge in [-0.15, -0.1) is 0 Å². The van der Waals surface area contributed by atoms with Gasteiger partial charge in [-0.1, -0.05) is 51.4 Å². The van der Waals surface area contributed by atoms with Gasteiger partial charge in [-0.3, -0.25) is 0 Å². The molecule has 0 saturated heterocycles. The van der Waals surface area contributed by atoms with Gasteiger partial charge >= 0.3 is 6.61 Å². The van der Waals surface area contributed by atoms with Gasteiger partial charge in [0.2, 0.25) is 0 Å². The van der Waals surface area contributed by atoms with Gasteiger partial charge in [-0.05, 0) is 85.8 Å². The minimum atomic E-state index is -3.23. The summed E-state index contributed by atoms with van der Waals surface area (Å²) in [6, 6.07) is 2.36. The van der Waals surface area contributed by atoms with E-state index in [4.69, 9.17) is 0 Å². The first kappa shape index (κ1) is 22.9. The Morgan fingerprint density at radius 3 is 1.71 bits per heavy atom. The number of alkyl halides is 2. The molecular formula is C26H36F4O. The van der Waals surface area contributed by atoms with Crippen LogP contribution in [0.15, 0.2) is 12.1 Å².